The molecule has 9 rings (SSSR count). The molecule has 0 aliphatic rings. The van der Waals surface area contributed by atoms with Crippen molar-refractivity contribution in [3.8, 4) is 5.69 Å². The van der Waals surface area contributed by atoms with E-state index in [4.69, 9.17) is 0 Å². The predicted octanol–water partition coefficient (Wildman–Crippen LogP) is 18.4. The largest absolute Gasteiger partial charge is 0.310 e. The van der Waals surface area contributed by atoms with Crippen LogP contribution in [0.1, 0.15) is 111 Å². The van der Waals surface area contributed by atoms with Crippen LogP contribution in [-0.2, 0) is 21.7 Å². The normalized spacial score (nSPS) is 12.6. The standard InChI is InChI=1S/C63H67N3/c1-42-14-25-53(26-15-42)66-58-40-44-38-54(64(49-28-17-45(18-29-49)60(2,3)4)50-30-19-46(20-31-50)61(5,6)7)27-16-43(44)39-57(58)56-37-36-55(41-59(56)66)65(51-32-21-47(22-33-51)62(8,9)10)52-34-23-48(24-35-52)63(11,12)13/h14-41H,1-13H3. The summed E-state index contributed by atoms with van der Waals surface area (Å²) in [6.45, 7) is 29.5. The van der Waals surface area contributed by atoms with Gasteiger partial charge in [0.2, 0.25) is 0 Å². The van der Waals surface area contributed by atoms with Crippen LogP contribution in [0.5, 0.6) is 0 Å². The van der Waals surface area contributed by atoms with Gasteiger partial charge in [0, 0.05) is 50.6 Å². The summed E-state index contributed by atoms with van der Waals surface area (Å²) in [5.41, 5.74) is 17.0. The van der Waals surface area contributed by atoms with E-state index >= 15 is 0 Å². The minimum Gasteiger partial charge on any atom is -0.310 e. The van der Waals surface area contributed by atoms with Crippen molar-refractivity contribution >= 4 is 66.7 Å². The van der Waals surface area contributed by atoms with E-state index in [9.17, 15) is 0 Å². The molecule has 66 heavy (non-hydrogen) atoms. The van der Waals surface area contributed by atoms with Crippen LogP contribution >= 0.6 is 0 Å². The molecule has 0 unspecified atom stereocenters. The third-order valence-electron chi connectivity index (χ3n) is 13.5. The highest BCUT2D eigenvalue weighted by molar-refractivity contribution is 6.14. The molecule has 1 aromatic heterocycles. The van der Waals surface area contributed by atoms with Crippen molar-refractivity contribution < 1.29 is 0 Å². The highest BCUT2D eigenvalue weighted by atomic mass is 15.1. The van der Waals surface area contributed by atoms with Gasteiger partial charge < -0.3 is 14.4 Å². The van der Waals surface area contributed by atoms with Gasteiger partial charge in [0.1, 0.15) is 0 Å². The number of hydrogen-bond donors (Lipinski definition) is 0. The zero-order valence-electron chi connectivity index (χ0n) is 41.5. The lowest BCUT2D eigenvalue weighted by molar-refractivity contribution is 0.590. The van der Waals surface area contributed by atoms with Gasteiger partial charge in [0.15, 0.2) is 0 Å². The molecule has 334 valence electrons. The van der Waals surface area contributed by atoms with Crippen molar-refractivity contribution in [1.82, 2.24) is 4.57 Å². The third-order valence-corrected chi connectivity index (χ3v) is 13.5. The second-order valence-electron chi connectivity index (χ2n) is 22.6. The van der Waals surface area contributed by atoms with E-state index in [0.717, 1.165) is 39.8 Å². The zero-order chi connectivity index (χ0) is 46.9. The molecule has 0 saturated heterocycles. The van der Waals surface area contributed by atoms with Gasteiger partial charge in [-0.1, -0.05) is 161 Å². The van der Waals surface area contributed by atoms with Gasteiger partial charge in [0.25, 0.3) is 0 Å². The van der Waals surface area contributed by atoms with Crippen LogP contribution in [-0.4, -0.2) is 4.57 Å². The van der Waals surface area contributed by atoms with E-state index in [1.54, 1.807) is 0 Å². The van der Waals surface area contributed by atoms with Gasteiger partial charge in [-0.05, 0) is 159 Å². The Balaban J connectivity index is 1.24. The van der Waals surface area contributed by atoms with Crippen LogP contribution in [0.3, 0.4) is 0 Å². The van der Waals surface area contributed by atoms with Crippen LogP contribution in [0.25, 0.3) is 38.3 Å². The van der Waals surface area contributed by atoms with E-state index in [0.29, 0.717) is 0 Å². The minimum atomic E-state index is 0.0591. The predicted molar refractivity (Wildman–Crippen MR) is 287 cm³/mol. The number of hydrogen-bond acceptors (Lipinski definition) is 2. The molecule has 0 spiro atoms. The Kier molecular flexibility index (Phi) is 11.1. The van der Waals surface area contributed by atoms with Gasteiger partial charge in [-0.15, -0.1) is 0 Å². The number of rotatable bonds is 7. The number of fused-ring (bicyclic) bond motifs is 4. The van der Waals surface area contributed by atoms with Crippen LogP contribution in [0, 0.1) is 6.92 Å². The topological polar surface area (TPSA) is 11.4 Å². The molecule has 3 heteroatoms. The summed E-state index contributed by atoms with van der Waals surface area (Å²) in [5.74, 6) is 0. The van der Waals surface area contributed by atoms with Crippen molar-refractivity contribution in [3.05, 3.63) is 198 Å². The van der Waals surface area contributed by atoms with Crippen LogP contribution in [0.15, 0.2) is 170 Å². The lowest BCUT2D eigenvalue weighted by Gasteiger charge is -2.28. The van der Waals surface area contributed by atoms with Crippen molar-refractivity contribution in [2.45, 2.75) is 112 Å². The van der Waals surface area contributed by atoms with Gasteiger partial charge in [0.05, 0.1) is 11.0 Å². The third kappa shape index (κ3) is 8.64. The summed E-state index contributed by atoms with van der Waals surface area (Å²) >= 11 is 0. The Morgan fingerprint density at radius 3 is 1.05 bits per heavy atom. The fourth-order valence-corrected chi connectivity index (χ4v) is 9.32. The van der Waals surface area contributed by atoms with Crippen molar-refractivity contribution in [1.29, 1.82) is 0 Å². The Hall–Kier alpha value is -6.58. The smallest absolute Gasteiger partial charge is 0.0561 e. The van der Waals surface area contributed by atoms with Crippen LogP contribution in [0.2, 0.25) is 0 Å². The zero-order valence-corrected chi connectivity index (χ0v) is 41.5. The minimum absolute atomic E-state index is 0.0591. The Bertz CT molecular complexity index is 3060. The molecule has 1 heterocycles. The van der Waals surface area contributed by atoms with E-state index in [2.05, 4.69) is 274 Å². The highest BCUT2D eigenvalue weighted by Crippen LogP contribution is 2.44. The lowest BCUT2D eigenvalue weighted by Crippen LogP contribution is -2.14. The molecule has 0 aliphatic carbocycles. The number of aromatic nitrogens is 1. The van der Waals surface area contributed by atoms with Crippen molar-refractivity contribution in [3.63, 3.8) is 0 Å². The fourth-order valence-electron chi connectivity index (χ4n) is 9.32. The van der Waals surface area contributed by atoms with Gasteiger partial charge in [-0.3, -0.25) is 0 Å². The molecule has 0 atom stereocenters. The molecule has 9 aromatic rings. The molecule has 0 fully saturated rings. The maximum Gasteiger partial charge on any atom is 0.0561 e. The fraction of sp³-hybridized carbons (Fsp3) is 0.270. The summed E-state index contributed by atoms with van der Waals surface area (Å²) in [4.78, 5) is 4.82. The van der Waals surface area contributed by atoms with Crippen molar-refractivity contribution in [2.24, 2.45) is 0 Å². The first-order valence-electron chi connectivity index (χ1n) is 23.8. The summed E-state index contributed by atoms with van der Waals surface area (Å²) in [5, 5.41) is 4.87. The first-order valence-corrected chi connectivity index (χ1v) is 23.8. The lowest BCUT2D eigenvalue weighted by atomic mass is 9.86. The molecule has 0 radical (unpaired) electrons. The summed E-state index contributed by atoms with van der Waals surface area (Å²) in [7, 11) is 0. The van der Waals surface area contributed by atoms with E-state index in [1.807, 2.05) is 0 Å². The number of anilines is 6. The van der Waals surface area contributed by atoms with E-state index in [1.165, 1.54) is 60.4 Å². The highest BCUT2D eigenvalue weighted by Gasteiger charge is 2.23. The number of nitrogens with zero attached hydrogens (tertiary/aromatic N) is 3. The molecule has 0 saturated carbocycles. The Morgan fingerprint density at radius 1 is 0.303 bits per heavy atom. The molecule has 0 aliphatic heterocycles. The van der Waals surface area contributed by atoms with Gasteiger partial charge in [-0.2, -0.15) is 0 Å². The number of benzene rings is 8. The summed E-state index contributed by atoms with van der Waals surface area (Å²) in [6.07, 6.45) is 0. The second-order valence-corrected chi connectivity index (χ2v) is 22.6. The number of aryl methyl sites for hydroxylation is 1. The first kappa shape index (κ1) is 44.6. The van der Waals surface area contributed by atoms with Crippen molar-refractivity contribution in [2.75, 3.05) is 9.80 Å². The van der Waals surface area contributed by atoms with Gasteiger partial charge in [-0.25, -0.2) is 0 Å². The molecule has 0 bridgehead atoms. The Morgan fingerprint density at radius 2 is 0.652 bits per heavy atom. The van der Waals surface area contributed by atoms with Gasteiger partial charge >= 0.3 is 0 Å². The summed E-state index contributed by atoms with van der Waals surface area (Å²) < 4.78 is 2.47. The first-order chi connectivity index (χ1) is 31.1. The molecular formula is C63H67N3. The van der Waals surface area contributed by atoms with Crippen LogP contribution < -0.4 is 9.80 Å². The average molecular weight is 866 g/mol. The monoisotopic (exact) mass is 866 g/mol. The van der Waals surface area contributed by atoms with E-state index in [-0.39, 0.29) is 21.7 Å². The Labute approximate surface area is 394 Å². The second kappa shape index (κ2) is 16.4. The maximum atomic E-state index is 2.47. The molecule has 0 N–H and O–H groups in total. The average Bonchev–Trinajstić information content (AvgIpc) is 3.58. The molecule has 0 amide bonds. The molecule has 8 aromatic carbocycles. The maximum absolute atomic E-state index is 2.47. The quantitative estimate of drug-likeness (QED) is 0.158. The summed E-state index contributed by atoms with van der Waals surface area (Å²) in [6, 6.07) is 64.3. The SMILES string of the molecule is Cc1ccc(-n2c3cc(N(c4ccc(C(C)(C)C)cc4)c4ccc(C(C)(C)C)cc4)ccc3c3cc4ccc(N(c5ccc(C(C)(C)C)cc5)c5ccc(C(C)(C)C)cc5)cc4cc32)cc1. The van der Waals surface area contributed by atoms with E-state index < -0.39 is 0 Å². The molecular weight excluding hydrogens is 799 g/mol. The molecule has 3 nitrogen and oxygen atoms in total. The van der Waals surface area contributed by atoms with Crippen LogP contribution in [0.4, 0.5) is 34.1 Å².